The highest BCUT2D eigenvalue weighted by Crippen LogP contribution is 2.33. The molecule has 0 radical (unpaired) electrons. The van der Waals surface area contributed by atoms with Gasteiger partial charge in [0.2, 0.25) is 5.88 Å². The van der Waals surface area contributed by atoms with Gasteiger partial charge in [-0.3, -0.25) is 9.69 Å². The second kappa shape index (κ2) is 11.7. The molecule has 0 aliphatic carbocycles. The maximum atomic E-state index is 11.5. The molecule has 1 fully saturated rings. The van der Waals surface area contributed by atoms with Gasteiger partial charge in [-0.25, -0.2) is 4.98 Å². The van der Waals surface area contributed by atoms with Gasteiger partial charge >= 0.3 is 5.97 Å². The average molecular weight is 502 g/mol. The van der Waals surface area contributed by atoms with Crippen LogP contribution in [0.2, 0.25) is 10.0 Å². The number of carbonyl (C=O) groups is 1. The van der Waals surface area contributed by atoms with Crippen molar-refractivity contribution < 1.29 is 14.3 Å². The predicted octanol–water partition coefficient (Wildman–Crippen LogP) is 5.84. The van der Waals surface area contributed by atoms with Gasteiger partial charge in [0.25, 0.3) is 0 Å². The summed E-state index contributed by atoms with van der Waals surface area (Å²) in [6.07, 6.45) is 2.36. The summed E-state index contributed by atoms with van der Waals surface area (Å²) in [7, 11) is 0. The van der Waals surface area contributed by atoms with Crippen LogP contribution in [0.25, 0.3) is 10.9 Å². The number of fused-ring (bicyclic) bond motifs is 1. The lowest BCUT2D eigenvalue weighted by Gasteiger charge is -2.36. The highest BCUT2D eigenvalue weighted by Gasteiger charge is 2.19. The third kappa shape index (κ3) is 6.32. The minimum Gasteiger partial charge on any atom is -0.494 e. The molecule has 34 heavy (non-hydrogen) atoms. The number of esters is 1. The van der Waals surface area contributed by atoms with Crippen LogP contribution in [-0.2, 0) is 4.79 Å². The number of rotatable bonds is 9. The first-order valence-corrected chi connectivity index (χ1v) is 12.4. The van der Waals surface area contributed by atoms with Crippen LogP contribution in [0.4, 0.5) is 5.69 Å². The number of piperazine rings is 1. The summed E-state index contributed by atoms with van der Waals surface area (Å²) in [6, 6.07) is 15.2. The molecule has 1 aliphatic rings. The fourth-order valence-electron chi connectivity index (χ4n) is 3.99. The normalized spacial score (nSPS) is 14.4. The zero-order valence-electron chi connectivity index (χ0n) is 19.3. The molecule has 4 rings (SSSR count). The third-order valence-electron chi connectivity index (χ3n) is 5.93. The molecule has 0 spiro atoms. The van der Waals surface area contributed by atoms with Crippen molar-refractivity contribution in [1.82, 2.24) is 9.88 Å². The maximum absolute atomic E-state index is 11.5. The summed E-state index contributed by atoms with van der Waals surface area (Å²) < 4.78 is 11.2. The number of nitrogens with zero attached hydrogens (tertiary/aromatic N) is 3. The van der Waals surface area contributed by atoms with E-state index in [4.69, 9.17) is 32.7 Å². The van der Waals surface area contributed by atoms with Crippen molar-refractivity contribution in [1.29, 1.82) is 0 Å². The zero-order chi connectivity index (χ0) is 23.9. The molecule has 2 heterocycles. The summed E-state index contributed by atoms with van der Waals surface area (Å²) in [5.74, 6) is 0.786. The highest BCUT2D eigenvalue weighted by atomic mass is 35.5. The van der Waals surface area contributed by atoms with E-state index in [9.17, 15) is 4.79 Å². The molecule has 2 aromatic carbocycles. The fraction of sp³-hybridized carbons (Fsp3) is 0.385. The molecule has 0 saturated carbocycles. The van der Waals surface area contributed by atoms with E-state index in [0.29, 0.717) is 29.0 Å². The van der Waals surface area contributed by atoms with E-state index < -0.39 is 0 Å². The lowest BCUT2D eigenvalue weighted by atomic mass is 10.2. The Morgan fingerprint density at radius 1 is 1.03 bits per heavy atom. The van der Waals surface area contributed by atoms with Crippen molar-refractivity contribution in [2.75, 3.05) is 44.2 Å². The molecule has 0 amide bonds. The van der Waals surface area contributed by atoms with Gasteiger partial charge < -0.3 is 14.4 Å². The van der Waals surface area contributed by atoms with E-state index in [2.05, 4.69) is 14.8 Å². The smallest absolute Gasteiger partial charge is 0.312 e. The highest BCUT2D eigenvalue weighted by molar-refractivity contribution is 6.43. The van der Waals surface area contributed by atoms with Gasteiger partial charge in [-0.05, 0) is 49.7 Å². The molecular weight excluding hydrogens is 473 g/mol. The van der Waals surface area contributed by atoms with Gasteiger partial charge in [-0.1, -0.05) is 36.2 Å². The van der Waals surface area contributed by atoms with Crippen LogP contribution in [0.15, 0.2) is 48.5 Å². The van der Waals surface area contributed by atoms with Crippen molar-refractivity contribution in [2.45, 2.75) is 26.2 Å². The Kier molecular flexibility index (Phi) is 8.48. The minimum atomic E-state index is -0.297. The van der Waals surface area contributed by atoms with Crippen molar-refractivity contribution in [2.24, 2.45) is 0 Å². The van der Waals surface area contributed by atoms with Crippen LogP contribution in [0.3, 0.4) is 0 Å². The van der Waals surface area contributed by atoms with E-state index in [1.807, 2.05) is 42.5 Å². The number of benzene rings is 2. The lowest BCUT2D eigenvalue weighted by molar-refractivity contribution is -0.134. The fourth-order valence-corrected chi connectivity index (χ4v) is 4.41. The number of ether oxygens (including phenoxy) is 2. The Labute approximate surface area is 210 Å². The number of hydrogen-bond acceptors (Lipinski definition) is 6. The summed E-state index contributed by atoms with van der Waals surface area (Å²) in [4.78, 5) is 20.7. The van der Waals surface area contributed by atoms with Gasteiger partial charge in [-0.15, -0.1) is 0 Å². The molecule has 8 heteroatoms. The molecule has 0 atom stereocenters. The van der Waals surface area contributed by atoms with Crippen LogP contribution in [0.5, 0.6) is 11.6 Å². The lowest BCUT2D eigenvalue weighted by Crippen LogP contribution is -2.46. The number of anilines is 1. The van der Waals surface area contributed by atoms with E-state index in [1.54, 1.807) is 13.0 Å². The molecule has 0 unspecified atom stereocenters. The Morgan fingerprint density at radius 3 is 2.62 bits per heavy atom. The monoisotopic (exact) mass is 501 g/mol. The quantitative estimate of drug-likeness (QED) is 0.271. The van der Waals surface area contributed by atoms with Crippen molar-refractivity contribution in [3.63, 3.8) is 0 Å². The Balaban J connectivity index is 1.19. The van der Waals surface area contributed by atoms with Gasteiger partial charge in [-0.2, -0.15) is 0 Å². The van der Waals surface area contributed by atoms with E-state index in [-0.39, 0.29) is 5.97 Å². The molecule has 1 aliphatic heterocycles. The predicted molar refractivity (Wildman–Crippen MR) is 138 cm³/mol. The summed E-state index contributed by atoms with van der Waals surface area (Å²) >= 11 is 12.5. The molecule has 1 saturated heterocycles. The third-order valence-corrected chi connectivity index (χ3v) is 6.74. The van der Waals surface area contributed by atoms with Gasteiger partial charge in [0, 0.05) is 50.1 Å². The average Bonchev–Trinajstić information content (AvgIpc) is 2.85. The first kappa shape index (κ1) is 24.6. The van der Waals surface area contributed by atoms with Gasteiger partial charge in [0.05, 0.1) is 27.9 Å². The molecular formula is C26H29Cl2N3O3. The number of halogens is 2. The number of hydrogen-bond donors (Lipinski definition) is 0. The molecule has 0 bridgehead atoms. The molecule has 3 aromatic rings. The largest absolute Gasteiger partial charge is 0.494 e. The maximum Gasteiger partial charge on any atom is 0.312 e. The topological polar surface area (TPSA) is 54.9 Å². The minimum absolute atomic E-state index is 0.297. The number of aromatic nitrogens is 1. The van der Waals surface area contributed by atoms with E-state index in [0.717, 1.165) is 67.9 Å². The molecule has 180 valence electrons. The first-order valence-electron chi connectivity index (χ1n) is 11.7. The number of unbranched alkanes of at least 4 members (excludes halogenated alkanes) is 1. The number of carbonyl (C=O) groups excluding carboxylic acids is 1. The van der Waals surface area contributed by atoms with Crippen LogP contribution in [-0.4, -0.2) is 55.2 Å². The molecule has 1 aromatic heterocycles. The Hall–Kier alpha value is -2.54. The van der Waals surface area contributed by atoms with Crippen molar-refractivity contribution in [3.8, 4) is 11.6 Å². The van der Waals surface area contributed by atoms with Crippen molar-refractivity contribution >= 4 is 45.8 Å². The van der Waals surface area contributed by atoms with Gasteiger partial charge in [0.1, 0.15) is 5.75 Å². The molecule has 0 N–H and O–H groups in total. The van der Waals surface area contributed by atoms with E-state index in [1.165, 1.54) is 0 Å². The standard InChI is InChI=1S/C26H29Cl2N3O3/c1-2-25(32)34-24-11-9-19-8-10-20(18-22(19)29-24)33-17-4-3-12-30-13-15-31(16-14-30)23-7-5-6-21(27)26(23)28/h5-11,18H,2-4,12-17H2,1H3. The SMILES string of the molecule is CCC(=O)Oc1ccc2ccc(OCCCCN3CCN(c4cccc(Cl)c4Cl)CC3)cc2n1. The zero-order valence-corrected chi connectivity index (χ0v) is 20.8. The summed E-state index contributed by atoms with van der Waals surface area (Å²) in [6.45, 7) is 7.34. The van der Waals surface area contributed by atoms with Crippen LogP contribution >= 0.6 is 23.2 Å². The van der Waals surface area contributed by atoms with Crippen LogP contribution < -0.4 is 14.4 Å². The van der Waals surface area contributed by atoms with E-state index >= 15 is 0 Å². The summed E-state index contributed by atoms with van der Waals surface area (Å²) in [5.41, 5.74) is 1.76. The van der Waals surface area contributed by atoms with Crippen molar-refractivity contribution in [3.05, 3.63) is 58.6 Å². The van der Waals surface area contributed by atoms with Crippen LogP contribution in [0, 0.1) is 0 Å². The van der Waals surface area contributed by atoms with Gasteiger partial charge in [0.15, 0.2) is 0 Å². The number of pyridine rings is 1. The molecule has 6 nitrogen and oxygen atoms in total. The Morgan fingerprint density at radius 2 is 1.82 bits per heavy atom. The first-order chi connectivity index (χ1) is 16.5. The second-order valence-corrected chi connectivity index (χ2v) is 9.07. The summed E-state index contributed by atoms with van der Waals surface area (Å²) in [5, 5.41) is 2.21. The second-order valence-electron chi connectivity index (χ2n) is 8.29. The van der Waals surface area contributed by atoms with Crippen LogP contribution in [0.1, 0.15) is 26.2 Å². The Bertz CT molecular complexity index is 1130.